The standard InChI is InChI=1S/C16H22N2OS/c1-11(8-16-6-5-13(3)20-16)17-10-14-9-15(19-4)7-12(2)18-14/h5-7,9,11,17H,8,10H2,1-4H3. The monoisotopic (exact) mass is 290 g/mol. The number of nitrogens with zero attached hydrogens (tertiary/aromatic N) is 1. The third-order valence-electron chi connectivity index (χ3n) is 3.15. The number of hydrogen-bond acceptors (Lipinski definition) is 4. The molecule has 0 saturated heterocycles. The van der Waals surface area contributed by atoms with Crippen LogP contribution in [0.3, 0.4) is 0 Å². The first-order valence-corrected chi connectivity index (χ1v) is 7.68. The van der Waals surface area contributed by atoms with Crippen molar-refractivity contribution in [3.8, 4) is 5.75 Å². The number of rotatable bonds is 6. The molecule has 2 heterocycles. The maximum absolute atomic E-state index is 5.27. The summed E-state index contributed by atoms with van der Waals surface area (Å²) in [5.74, 6) is 0.871. The summed E-state index contributed by atoms with van der Waals surface area (Å²) in [5.41, 5.74) is 2.01. The Morgan fingerprint density at radius 3 is 2.75 bits per heavy atom. The molecular formula is C16H22N2OS. The molecule has 0 saturated carbocycles. The van der Waals surface area contributed by atoms with Gasteiger partial charge in [0.2, 0.25) is 0 Å². The van der Waals surface area contributed by atoms with E-state index in [9.17, 15) is 0 Å². The van der Waals surface area contributed by atoms with Crippen molar-refractivity contribution in [1.29, 1.82) is 0 Å². The van der Waals surface area contributed by atoms with Gasteiger partial charge in [0.25, 0.3) is 0 Å². The number of pyridine rings is 1. The maximum atomic E-state index is 5.27. The van der Waals surface area contributed by atoms with Crippen LogP contribution in [-0.2, 0) is 13.0 Å². The van der Waals surface area contributed by atoms with Crippen molar-refractivity contribution in [2.75, 3.05) is 7.11 Å². The Kier molecular flexibility index (Phi) is 5.15. The SMILES string of the molecule is COc1cc(C)nc(CNC(C)Cc2ccc(C)s2)c1. The van der Waals surface area contributed by atoms with Crippen LogP contribution in [0.2, 0.25) is 0 Å². The van der Waals surface area contributed by atoms with Gasteiger partial charge >= 0.3 is 0 Å². The van der Waals surface area contributed by atoms with Crippen LogP contribution in [0.4, 0.5) is 0 Å². The normalized spacial score (nSPS) is 12.4. The Balaban J connectivity index is 1.89. The second-order valence-electron chi connectivity index (χ2n) is 5.14. The summed E-state index contributed by atoms with van der Waals surface area (Å²) in [6.45, 7) is 7.12. The van der Waals surface area contributed by atoms with E-state index < -0.39 is 0 Å². The fourth-order valence-corrected chi connectivity index (χ4v) is 3.18. The fourth-order valence-electron chi connectivity index (χ4n) is 2.16. The van der Waals surface area contributed by atoms with Gasteiger partial charge in [-0.3, -0.25) is 4.98 Å². The van der Waals surface area contributed by atoms with Crippen molar-refractivity contribution in [3.05, 3.63) is 45.4 Å². The summed E-state index contributed by atoms with van der Waals surface area (Å²) in [7, 11) is 1.69. The quantitative estimate of drug-likeness (QED) is 0.884. The van der Waals surface area contributed by atoms with Crippen molar-refractivity contribution >= 4 is 11.3 Å². The second kappa shape index (κ2) is 6.86. The molecule has 0 bridgehead atoms. The lowest BCUT2D eigenvalue weighted by atomic mass is 10.2. The molecule has 0 fully saturated rings. The highest BCUT2D eigenvalue weighted by atomic mass is 32.1. The number of thiophene rings is 1. The van der Waals surface area contributed by atoms with Crippen molar-refractivity contribution in [2.24, 2.45) is 0 Å². The number of aromatic nitrogens is 1. The van der Waals surface area contributed by atoms with E-state index in [0.717, 1.165) is 30.1 Å². The number of hydrogen-bond donors (Lipinski definition) is 1. The Morgan fingerprint density at radius 2 is 2.10 bits per heavy atom. The highest BCUT2D eigenvalue weighted by Crippen LogP contribution is 2.17. The van der Waals surface area contributed by atoms with E-state index in [-0.39, 0.29) is 0 Å². The van der Waals surface area contributed by atoms with Gasteiger partial charge in [0.1, 0.15) is 5.75 Å². The largest absolute Gasteiger partial charge is 0.497 e. The summed E-state index contributed by atoms with van der Waals surface area (Å²) in [6, 6.07) is 8.76. The Morgan fingerprint density at radius 1 is 1.30 bits per heavy atom. The first-order chi connectivity index (χ1) is 9.56. The summed E-state index contributed by atoms with van der Waals surface area (Å²) in [4.78, 5) is 7.33. The molecule has 0 aliphatic heterocycles. The molecular weight excluding hydrogens is 268 g/mol. The van der Waals surface area contributed by atoms with Crippen LogP contribution in [-0.4, -0.2) is 18.1 Å². The molecule has 1 N–H and O–H groups in total. The molecule has 0 amide bonds. The third kappa shape index (κ3) is 4.32. The van der Waals surface area contributed by atoms with Gasteiger partial charge in [-0.25, -0.2) is 0 Å². The number of methoxy groups -OCH3 is 1. The average molecular weight is 290 g/mol. The minimum Gasteiger partial charge on any atom is -0.497 e. The van der Waals surface area contributed by atoms with Crippen molar-refractivity contribution in [1.82, 2.24) is 10.3 Å². The molecule has 1 unspecified atom stereocenters. The van der Waals surface area contributed by atoms with E-state index in [1.165, 1.54) is 9.75 Å². The van der Waals surface area contributed by atoms with Gasteiger partial charge in [0.05, 0.1) is 12.8 Å². The first kappa shape index (κ1) is 15.0. The van der Waals surface area contributed by atoms with E-state index in [1.54, 1.807) is 7.11 Å². The molecule has 2 rings (SSSR count). The zero-order valence-electron chi connectivity index (χ0n) is 12.6. The fraction of sp³-hybridized carbons (Fsp3) is 0.438. The minimum atomic E-state index is 0.432. The summed E-state index contributed by atoms with van der Waals surface area (Å²) >= 11 is 1.87. The van der Waals surface area contributed by atoms with Crippen molar-refractivity contribution in [3.63, 3.8) is 0 Å². The number of ether oxygens (including phenoxy) is 1. The van der Waals surface area contributed by atoms with Gasteiger partial charge in [0.15, 0.2) is 0 Å². The number of nitrogens with one attached hydrogen (secondary N) is 1. The van der Waals surface area contributed by atoms with Crippen LogP contribution in [0.1, 0.15) is 28.1 Å². The Bertz CT molecular complexity index is 565. The van der Waals surface area contributed by atoms with Gasteiger partial charge in [0, 0.05) is 40.2 Å². The summed E-state index contributed by atoms with van der Waals surface area (Å²) in [5, 5.41) is 3.52. The molecule has 0 spiro atoms. The minimum absolute atomic E-state index is 0.432. The van der Waals surface area contributed by atoms with Crippen LogP contribution in [0.5, 0.6) is 5.75 Å². The Labute approximate surface area is 125 Å². The van der Waals surface area contributed by atoms with Crippen LogP contribution in [0.15, 0.2) is 24.3 Å². The van der Waals surface area contributed by atoms with Crippen LogP contribution < -0.4 is 10.1 Å². The van der Waals surface area contributed by atoms with Gasteiger partial charge < -0.3 is 10.1 Å². The van der Waals surface area contributed by atoms with Gasteiger partial charge in [-0.05, 0) is 39.3 Å². The maximum Gasteiger partial charge on any atom is 0.122 e. The molecule has 0 radical (unpaired) electrons. The highest BCUT2D eigenvalue weighted by Gasteiger charge is 2.06. The molecule has 1 atom stereocenters. The zero-order valence-corrected chi connectivity index (χ0v) is 13.4. The molecule has 0 aliphatic rings. The number of aryl methyl sites for hydroxylation is 2. The lowest BCUT2D eigenvalue weighted by Crippen LogP contribution is -2.27. The molecule has 0 aliphatic carbocycles. The first-order valence-electron chi connectivity index (χ1n) is 6.87. The van der Waals surface area contributed by atoms with Crippen LogP contribution in [0, 0.1) is 13.8 Å². The molecule has 4 heteroatoms. The lowest BCUT2D eigenvalue weighted by molar-refractivity contribution is 0.412. The Hall–Kier alpha value is -1.39. The molecule has 2 aromatic heterocycles. The van der Waals surface area contributed by atoms with Crippen molar-refractivity contribution in [2.45, 2.75) is 39.8 Å². The van der Waals surface area contributed by atoms with Gasteiger partial charge in [-0.1, -0.05) is 0 Å². The van der Waals surface area contributed by atoms with Gasteiger partial charge in [-0.15, -0.1) is 11.3 Å². The van der Waals surface area contributed by atoms with E-state index in [0.29, 0.717) is 6.04 Å². The zero-order chi connectivity index (χ0) is 14.5. The van der Waals surface area contributed by atoms with Crippen LogP contribution in [0.25, 0.3) is 0 Å². The molecule has 0 aromatic carbocycles. The lowest BCUT2D eigenvalue weighted by Gasteiger charge is -2.13. The highest BCUT2D eigenvalue weighted by molar-refractivity contribution is 7.11. The second-order valence-corrected chi connectivity index (χ2v) is 6.51. The molecule has 2 aromatic rings. The predicted molar refractivity (Wildman–Crippen MR) is 84.6 cm³/mol. The average Bonchev–Trinajstić information content (AvgIpc) is 2.81. The smallest absolute Gasteiger partial charge is 0.122 e. The topological polar surface area (TPSA) is 34.1 Å². The molecule has 20 heavy (non-hydrogen) atoms. The van der Waals surface area contributed by atoms with E-state index in [4.69, 9.17) is 4.74 Å². The van der Waals surface area contributed by atoms with E-state index in [1.807, 2.05) is 30.4 Å². The van der Waals surface area contributed by atoms with Crippen molar-refractivity contribution < 1.29 is 4.74 Å². The summed E-state index contributed by atoms with van der Waals surface area (Å²) < 4.78 is 5.27. The molecule has 108 valence electrons. The van der Waals surface area contributed by atoms with Gasteiger partial charge in [-0.2, -0.15) is 0 Å². The van der Waals surface area contributed by atoms with E-state index in [2.05, 4.69) is 36.3 Å². The third-order valence-corrected chi connectivity index (χ3v) is 4.17. The van der Waals surface area contributed by atoms with Crippen LogP contribution >= 0.6 is 11.3 Å². The van der Waals surface area contributed by atoms with E-state index >= 15 is 0 Å². The predicted octanol–water partition coefficient (Wildman–Crippen LogP) is 3.49. The summed E-state index contributed by atoms with van der Waals surface area (Å²) in [6.07, 6.45) is 1.06. The molecule has 3 nitrogen and oxygen atoms in total.